The van der Waals surface area contributed by atoms with Crippen LogP contribution in [0, 0.1) is 0 Å². The molecule has 0 fully saturated rings. The Bertz CT molecular complexity index is 33.2. The first-order valence-corrected chi connectivity index (χ1v) is 2.09. The molecule has 0 spiro atoms. The molecule has 36 valence electrons. The molecule has 1 heteroatoms. The summed E-state index contributed by atoms with van der Waals surface area (Å²) >= 11 is 0. The van der Waals surface area contributed by atoms with E-state index in [0.29, 0.717) is 0 Å². The molecule has 0 aliphatic rings. The molecule has 6 heavy (non-hydrogen) atoms. The summed E-state index contributed by atoms with van der Waals surface area (Å²) in [5.74, 6) is 0. The van der Waals surface area contributed by atoms with Gasteiger partial charge in [0.25, 0.3) is 0 Å². The highest BCUT2D eigenvalue weighted by Crippen LogP contribution is 1.76. The first kappa shape index (κ1) is 5.54. The fourth-order valence-corrected chi connectivity index (χ4v) is 0.192. The van der Waals surface area contributed by atoms with Crippen LogP contribution in [0.25, 0.3) is 0 Å². The number of methoxy groups -OCH3 is 1. The van der Waals surface area contributed by atoms with Crippen LogP contribution in [0.15, 0.2) is 12.3 Å². The molecule has 0 unspecified atom stereocenters. The van der Waals surface area contributed by atoms with Crippen molar-refractivity contribution in [2.45, 2.75) is 13.3 Å². The van der Waals surface area contributed by atoms with E-state index in [1.54, 1.807) is 13.4 Å². The third-order valence-corrected chi connectivity index (χ3v) is 0.468. The van der Waals surface area contributed by atoms with E-state index in [9.17, 15) is 0 Å². The second-order valence-corrected chi connectivity index (χ2v) is 1.02. The quantitative estimate of drug-likeness (QED) is 0.463. The van der Waals surface area contributed by atoms with Gasteiger partial charge in [0.15, 0.2) is 0 Å². The Morgan fingerprint density at radius 3 is 2.50 bits per heavy atom. The topological polar surface area (TPSA) is 9.23 Å². The Morgan fingerprint density at radius 1 is 1.67 bits per heavy atom. The molecule has 0 aliphatic carbocycles. The minimum Gasteiger partial charge on any atom is -0.505 e. The molecule has 0 heterocycles. The maximum atomic E-state index is 4.60. The van der Waals surface area contributed by atoms with Gasteiger partial charge in [-0.05, 0) is 6.42 Å². The summed E-state index contributed by atoms with van der Waals surface area (Å²) in [5, 5.41) is 0. The van der Waals surface area contributed by atoms with E-state index in [0.717, 1.165) is 6.42 Å². The fourth-order valence-electron chi connectivity index (χ4n) is 0.192. The lowest BCUT2D eigenvalue weighted by Gasteiger charge is -1.80. The molecule has 0 saturated heterocycles. The van der Waals surface area contributed by atoms with Crippen molar-refractivity contribution in [1.82, 2.24) is 0 Å². The molecule has 1 nitrogen and oxygen atoms in total. The van der Waals surface area contributed by atoms with Crippen molar-refractivity contribution in [3.8, 4) is 0 Å². The predicted molar refractivity (Wildman–Crippen MR) is 26.4 cm³/mol. The maximum Gasteiger partial charge on any atom is 0.0784 e. The second-order valence-electron chi connectivity index (χ2n) is 1.02. The Labute approximate surface area is 38.6 Å². The molecule has 0 saturated carbocycles. The summed E-state index contributed by atoms with van der Waals surface area (Å²) < 4.78 is 4.60. The van der Waals surface area contributed by atoms with Crippen molar-refractivity contribution < 1.29 is 4.74 Å². The van der Waals surface area contributed by atoms with Crippen LogP contribution in [0.4, 0.5) is 0 Å². The van der Waals surface area contributed by atoms with Gasteiger partial charge >= 0.3 is 0 Å². The monoisotopic (exact) mass is 86.1 g/mol. The van der Waals surface area contributed by atoms with Gasteiger partial charge in [-0.3, -0.25) is 0 Å². The minimum atomic E-state index is 1.05. The highest BCUT2D eigenvalue weighted by Gasteiger charge is 1.58. The molecule has 0 aromatic rings. The number of rotatable bonds is 2. The average Bonchev–Trinajstić information content (AvgIpc) is 1.61. The number of hydrogen-bond donors (Lipinski definition) is 0. The van der Waals surface area contributed by atoms with Gasteiger partial charge in [0, 0.05) is 0 Å². The van der Waals surface area contributed by atoms with Crippen LogP contribution in [-0.4, -0.2) is 7.11 Å². The van der Waals surface area contributed by atoms with Gasteiger partial charge in [-0.25, -0.2) is 0 Å². The van der Waals surface area contributed by atoms with E-state index in [2.05, 4.69) is 11.7 Å². The van der Waals surface area contributed by atoms with E-state index in [4.69, 9.17) is 0 Å². The Kier molecular flexibility index (Phi) is 4.19. The number of allylic oxidation sites excluding steroid dienone is 1. The van der Waals surface area contributed by atoms with Gasteiger partial charge in [0.2, 0.25) is 0 Å². The Balaban J connectivity index is 2.73. The number of hydrogen-bond acceptors (Lipinski definition) is 1. The molecule has 0 aliphatic heterocycles. The smallest absolute Gasteiger partial charge is 0.0784 e. The van der Waals surface area contributed by atoms with Gasteiger partial charge in [0.05, 0.1) is 13.4 Å². The summed E-state index contributed by atoms with van der Waals surface area (Å²) in [6, 6.07) is 0. The first-order chi connectivity index (χ1) is 2.91. The lowest BCUT2D eigenvalue weighted by Crippen LogP contribution is -1.61. The van der Waals surface area contributed by atoms with Crippen LogP contribution in [0.3, 0.4) is 0 Å². The van der Waals surface area contributed by atoms with Crippen molar-refractivity contribution in [2.75, 3.05) is 7.11 Å². The van der Waals surface area contributed by atoms with E-state index < -0.39 is 0 Å². The molecule has 0 radical (unpaired) electrons. The van der Waals surface area contributed by atoms with E-state index >= 15 is 0 Å². The molecule has 0 aromatic heterocycles. The van der Waals surface area contributed by atoms with Gasteiger partial charge in [-0.2, -0.15) is 0 Å². The van der Waals surface area contributed by atoms with Crippen molar-refractivity contribution in [1.29, 1.82) is 0 Å². The summed E-state index contributed by atoms with van der Waals surface area (Å²) in [7, 11) is 1.64. The summed E-state index contributed by atoms with van der Waals surface area (Å²) in [6.45, 7) is 2.06. The summed E-state index contributed by atoms with van der Waals surface area (Å²) in [6.07, 6.45) is 4.69. The summed E-state index contributed by atoms with van der Waals surface area (Å²) in [5.41, 5.74) is 0. The number of ether oxygens (including phenoxy) is 1. The molecule has 0 bridgehead atoms. The van der Waals surface area contributed by atoms with Crippen LogP contribution in [0.1, 0.15) is 13.3 Å². The zero-order chi connectivity index (χ0) is 4.83. The van der Waals surface area contributed by atoms with Crippen LogP contribution in [0.2, 0.25) is 0 Å². The largest absolute Gasteiger partial charge is 0.505 e. The third-order valence-electron chi connectivity index (χ3n) is 0.468. The van der Waals surface area contributed by atoms with E-state index in [1.807, 2.05) is 6.08 Å². The normalized spacial score (nSPS) is 9.67. The van der Waals surface area contributed by atoms with Crippen LogP contribution >= 0.6 is 0 Å². The van der Waals surface area contributed by atoms with Crippen molar-refractivity contribution >= 4 is 0 Å². The fraction of sp³-hybridized carbons (Fsp3) is 0.600. The molecule has 0 rings (SSSR count). The molecule has 0 atom stereocenters. The van der Waals surface area contributed by atoms with Gasteiger partial charge < -0.3 is 4.74 Å². The standard InChI is InChI=1S/C5H10O/c1-3-4-5-6-2/h4-5H,3H2,1-2H3. The molecule has 0 aromatic carbocycles. The van der Waals surface area contributed by atoms with Crippen LogP contribution < -0.4 is 0 Å². The highest BCUT2D eigenvalue weighted by atomic mass is 16.5. The zero-order valence-corrected chi connectivity index (χ0v) is 4.27. The molecule has 0 N–H and O–H groups in total. The summed E-state index contributed by atoms with van der Waals surface area (Å²) in [4.78, 5) is 0. The lowest BCUT2D eigenvalue weighted by atomic mass is 10.5. The second kappa shape index (κ2) is 4.54. The van der Waals surface area contributed by atoms with E-state index in [1.165, 1.54) is 0 Å². The third kappa shape index (κ3) is 3.54. The Hall–Kier alpha value is -0.460. The van der Waals surface area contributed by atoms with Crippen molar-refractivity contribution in [3.63, 3.8) is 0 Å². The van der Waals surface area contributed by atoms with Crippen LogP contribution in [-0.2, 0) is 4.74 Å². The molecular formula is C5H10O. The Morgan fingerprint density at radius 2 is 2.33 bits per heavy atom. The molecular weight excluding hydrogens is 76.1 g/mol. The van der Waals surface area contributed by atoms with Gasteiger partial charge in [-0.1, -0.05) is 13.0 Å². The lowest BCUT2D eigenvalue weighted by molar-refractivity contribution is 0.336. The predicted octanol–water partition coefficient (Wildman–Crippen LogP) is 1.56. The van der Waals surface area contributed by atoms with Crippen LogP contribution in [0.5, 0.6) is 0 Å². The minimum absolute atomic E-state index is 1.05. The SMILES string of the molecule is CCC=COC. The van der Waals surface area contributed by atoms with Gasteiger partial charge in [-0.15, -0.1) is 0 Å². The maximum absolute atomic E-state index is 4.60. The first-order valence-electron chi connectivity index (χ1n) is 2.09. The van der Waals surface area contributed by atoms with Crippen molar-refractivity contribution in [2.24, 2.45) is 0 Å². The van der Waals surface area contributed by atoms with Crippen molar-refractivity contribution in [3.05, 3.63) is 12.3 Å². The average molecular weight is 86.1 g/mol. The molecule has 0 amide bonds. The highest BCUT2D eigenvalue weighted by molar-refractivity contribution is 4.69. The van der Waals surface area contributed by atoms with Gasteiger partial charge in [0.1, 0.15) is 0 Å². The zero-order valence-electron chi connectivity index (χ0n) is 4.27. The van der Waals surface area contributed by atoms with E-state index in [-0.39, 0.29) is 0 Å².